The lowest BCUT2D eigenvalue weighted by Gasteiger charge is -2.18. The molecule has 2 heterocycles. The molecule has 0 bridgehead atoms. The third kappa shape index (κ3) is 4.24. The lowest BCUT2D eigenvalue weighted by atomic mass is 10.1. The fourth-order valence-corrected chi connectivity index (χ4v) is 3.73. The van der Waals surface area contributed by atoms with Gasteiger partial charge < -0.3 is 10.1 Å². The molecule has 0 unspecified atom stereocenters. The van der Waals surface area contributed by atoms with Gasteiger partial charge in [0.05, 0.1) is 12.1 Å². The van der Waals surface area contributed by atoms with Gasteiger partial charge in [0.15, 0.2) is 0 Å². The maximum Gasteiger partial charge on any atom is 0.352 e. The minimum absolute atomic E-state index is 0.137. The Bertz CT molecular complexity index is 1230. The molecule has 0 spiro atoms. The minimum atomic E-state index is -0.844. The molecule has 1 aliphatic heterocycles. The summed E-state index contributed by atoms with van der Waals surface area (Å²) in [6.07, 6.45) is 1.57. The molecule has 0 aliphatic carbocycles. The van der Waals surface area contributed by atoms with Crippen molar-refractivity contribution in [3.05, 3.63) is 92.5 Å². The molecule has 1 N–H and O–H groups in total. The van der Waals surface area contributed by atoms with Gasteiger partial charge in [-0.05, 0) is 37.5 Å². The number of rotatable bonds is 6. The van der Waals surface area contributed by atoms with Crippen LogP contribution in [0.3, 0.4) is 0 Å². The van der Waals surface area contributed by atoms with Crippen LogP contribution < -0.4 is 16.6 Å². The van der Waals surface area contributed by atoms with Crippen LogP contribution in [-0.4, -0.2) is 39.5 Å². The molecule has 0 saturated carbocycles. The van der Waals surface area contributed by atoms with E-state index in [1.54, 1.807) is 37.3 Å². The van der Waals surface area contributed by atoms with Gasteiger partial charge in [0.25, 0.3) is 11.5 Å². The maximum absolute atomic E-state index is 14.5. The highest BCUT2D eigenvalue weighted by molar-refractivity contribution is 5.91. The Morgan fingerprint density at radius 1 is 1.19 bits per heavy atom. The van der Waals surface area contributed by atoms with Crippen molar-refractivity contribution in [3.8, 4) is 5.69 Å². The first-order chi connectivity index (χ1) is 15.5. The number of nitrogens with one attached hydrogen (secondary N) is 1. The summed E-state index contributed by atoms with van der Waals surface area (Å²) in [6, 6.07) is 13.8. The normalized spacial score (nSPS) is 16.6. The van der Waals surface area contributed by atoms with Gasteiger partial charge in [0, 0.05) is 13.2 Å². The Balaban J connectivity index is 1.83. The molecule has 1 saturated heterocycles. The summed E-state index contributed by atoms with van der Waals surface area (Å²) in [7, 11) is 0. The summed E-state index contributed by atoms with van der Waals surface area (Å²) in [5.74, 6) is -1.45. The predicted molar refractivity (Wildman–Crippen MR) is 116 cm³/mol. The van der Waals surface area contributed by atoms with E-state index in [-0.39, 0.29) is 18.3 Å². The van der Waals surface area contributed by atoms with Crippen molar-refractivity contribution < 1.29 is 13.9 Å². The van der Waals surface area contributed by atoms with Crippen LogP contribution in [0.5, 0.6) is 0 Å². The van der Waals surface area contributed by atoms with Crippen molar-refractivity contribution >= 4 is 5.91 Å². The van der Waals surface area contributed by atoms with E-state index in [1.165, 1.54) is 18.2 Å². The van der Waals surface area contributed by atoms with Gasteiger partial charge in [-0.2, -0.15) is 9.78 Å². The average molecular weight is 438 g/mol. The number of para-hydroxylation sites is 1. The number of halogens is 1. The van der Waals surface area contributed by atoms with Crippen LogP contribution >= 0.6 is 0 Å². The van der Waals surface area contributed by atoms with Crippen LogP contribution in [0, 0.1) is 5.82 Å². The van der Waals surface area contributed by atoms with Crippen LogP contribution in [0.4, 0.5) is 4.39 Å². The van der Waals surface area contributed by atoms with Gasteiger partial charge >= 0.3 is 5.69 Å². The fourth-order valence-electron chi connectivity index (χ4n) is 3.73. The monoisotopic (exact) mass is 438 g/mol. The van der Waals surface area contributed by atoms with Gasteiger partial charge in [0.1, 0.15) is 11.5 Å². The number of nitrogens with zero attached hydrogens (tertiary/aromatic N) is 3. The maximum atomic E-state index is 14.5. The third-order valence-electron chi connectivity index (χ3n) is 5.49. The van der Waals surface area contributed by atoms with Gasteiger partial charge in [-0.1, -0.05) is 42.5 Å². The Morgan fingerprint density at radius 3 is 2.59 bits per heavy atom. The molecule has 1 aromatic heterocycles. The van der Waals surface area contributed by atoms with E-state index >= 15 is 0 Å². The number of hydrogen-bond acceptors (Lipinski definition) is 5. The SMILES string of the molecule is C[C@H](c1ccccc1)n1c(=O)c(C(=O)NC[C@H]2CCCO2)nn(-c2ccccc2F)c1=O. The van der Waals surface area contributed by atoms with Crippen molar-refractivity contribution in [2.24, 2.45) is 0 Å². The molecule has 1 aliphatic rings. The van der Waals surface area contributed by atoms with E-state index < -0.39 is 34.7 Å². The largest absolute Gasteiger partial charge is 0.376 e. The van der Waals surface area contributed by atoms with Gasteiger partial charge in [-0.3, -0.25) is 9.59 Å². The first-order valence-corrected chi connectivity index (χ1v) is 10.4. The van der Waals surface area contributed by atoms with E-state index in [0.29, 0.717) is 12.2 Å². The highest BCUT2D eigenvalue weighted by Gasteiger charge is 2.25. The number of amides is 1. The van der Waals surface area contributed by atoms with Crippen LogP contribution in [0.2, 0.25) is 0 Å². The van der Waals surface area contributed by atoms with Crippen molar-refractivity contribution in [2.45, 2.75) is 31.9 Å². The molecule has 32 heavy (non-hydrogen) atoms. The van der Waals surface area contributed by atoms with Gasteiger partial charge in [0.2, 0.25) is 5.69 Å². The molecule has 2 aromatic carbocycles. The molecule has 4 rings (SSSR count). The Kier molecular flexibility index (Phi) is 6.27. The zero-order chi connectivity index (χ0) is 22.7. The number of carbonyl (C=O) groups is 1. The van der Waals surface area contributed by atoms with E-state index in [9.17, 15) is 18.8 Å². The highest BCUT2D eigenvalue weighted by Crippen LogP contribution is 2.15. The molecule has 3 aromatic rings. The second-order valence-corrected chi connectivity index (χ2v) is 7.60. The molecule has 8 nitrogen and oxygen atoms in total. The predicted octanol–water partition coefficient (Wildman–Crippen LogP) is 2.05. The molecule has 166 valence electrons. The Hall–Kier alpha value is -3.59. The third-order valence-corrected chi connectivity index (χ3v) is 5.49. The molecule has 9 heteroatoms. The highest BCUT2D eigenvalue weighted by atomic mass is 19.1. The zero-order valence-electron chi connectivity index (χ0n) is 17.5. The number of ether oxygens (including phenoxy) is 1. The summed E-state index contributed by atoms with van der Waals surface area (Å²) in [5.41, 5.74) is -1.65. The number of aromatic nitrogens is 3. The Morgan fingerprint density at radius 2 is 1.91 bits per heavy atom. The second kappa shape index (κ2) is 9.27. The summed E-state index contributed by atoms with van der Waals surface area (Å²) in [4.78, 5) is 39.3. The molecule has 2 atom stereocenters. The Labute approximate surface area is 183 Å². The lowest BCUT2D eigenvalue weighted by Crippen LogP contribution is -2.47. The zero-order valence-corrected chi connectivity index (χ0v) is 17.5. The van der Waals surface area contributed by atoms with Crippen molar-refractivity contribution in [2.75, 3.05) is 13.2 Å². The number of carbonyl (C=O) groups excluding carboxylic acids is 1. The van der Waals surface area contributed by atoms with Crippen LogP contribution in [-0.2, 0) is 4.74 Å². The van der Waals surface area contributed by atoms with E-state index in [1.807, 2.05) is 6.07 Å². The topological polar surface area (TPSA) is 95.2 Å². The molecule has 1 fully saturated rings. The van der Waals surface area contributed by atoms with Gasteiger partial charge in [-0.25, -0.2) is 13.8 Å². The smallest absolute Gasteiger partial charge is 0.352 e. The summed E-state index contributed by atoms with van der Waals surface area (Å²) < 4.78 is 21.7. The lowest BCUT2D eigenvalue weighted by molar-refractivity contribution is 0.0849. The summed E-state index contributed by atoms with van der Waals surface area (Å²) in [5, 5.41) is 6.61. The van der Waals surface area contributed by atoms with Gasteiger partial charge in [-0.15, -0.1) is 0 Å². The summed E-state index contributed by atoms with van der Waals surface area (Å²) in [6.45, 7) is 2.50. The quantitative estimate of drug-likeness (QED) is 0.636. The van der Waals surface area contributed by atoms with Crippen LogP contribution in [0.25, 0.3) is 5.69 Å². The second-order valence-electron chi connectivity index (χ2n) is 7.60. The van der Waals surface area contributed by atoms with E-state index in [0.717, 1.165) is 22.1 Å². The number of hydrogen-bond donors (Lipinski definition) is 1. The van der Waals surface area contributed by atoms with Crippen molar-refractivity contribution in [3.63, 3.8) is 0 Å². The first kappa shape index (κ1) is 21.6. The molecule has 1 amide bonds. The standard InChI is InChI=1S/C23H23FN4O4/c1-15(16-8-3-2-4-9-16)27-22(30)20(21(29)25-14-17-10-7-13-32-17)26-28(23(27)31)19-12-6-5-11-18(19)24/h2-6,8-9,11-12,15,17H,7,10,13-14H2,1H3,(H,25,29)/t15-,17-/m1/s1. The van der Waals surface area contributed by atoms with Crippen LogP contribution in [0.1, 0.15) is 41.9 Å². The molecule has 0 radical (unpaired) electrons. The van der Waals surface area contributed by atoms with Crippen LogP contribution in [0.15, 0.2) is 64.2 Å². The van der Waals surface area contributed by atoms with E-state index in [4.69, 9.17) is 4.74 Å². The van der Waals surface area contributed by atoms with Crippen molar-refractivity contribution in [1.29, 1.82) is 0 Å². The van der Waals surface area contributed by atoms with Crippen molar-refractivity contribution in [1.82, 2.24) is 19.7 Å². The number of benzene rings is 2. The summed E-state index contributed by atoms with van der Waals surface area (Å²) >= 11 is 0. The average Bonchev–Trinajstić information content (AvgIpc) is 3.33. The molecular formula is C23H23FN4O4. The first-order valence-electron chi connectivity index (χ1n) is 10.4. The molecular weight excluding hydrogens is 415 g/mol. The fraction of sp³-hybridized carbons (Fsp3) is 0.304. The minimum Gasteiger partial charge on any atom is -0.376 e. The van der Waals surface area contributed by atoms with E-state index in [2.05, 4.69) is 10.4 Å².